The Labute approximate surface area is 97.0 Å². The van der Waals surface area contributed by atoms with E-state index in [1.54, 1.807) is 0 Å². The van der Waals surface area contributed by atoms with Crippen LogP contribution >= 0.6 is 0 Å². The third kappa shape index (κ3) is 2.74. The number of nitrogens with one attached hydrogen (secondary N) is 1. The van der Waals surface area contributed by atoms with Gasteiger partial charge in [0.15, 0.2) is 0 Å². The molecule has 2 rings (SSSR count). The molecule has 16 heavy (non-hydrogen) atoms. The van der Waals surface area contributed by atoms with Crippen molar-refractivity contribution in [1.82, 2.24) is 5.32 Å². The Kier molecular flexibility index (Phi) is 3.17. The lowest BCUT2D eigenvalue weighted by Crippen LogP contribution is -2.44. The van der Waals surface area contributed by atoms with Crippen LogP contribution in [0, 0.1) is 0 Å². The zero-order valence-electron chi connectivity index (χ0n) is 9.99. The van der Waals surface area contributed by atoms with Crippen LogP contribution in [0.4, 0.5) is 0 Å². The van der Waals surface area contributed by atoms with Gasteiger partial charge in [-0.25, -0.2) is 0 Å². The van der Waals surface area contributed by atoms with Crippen molar-refractivity contribution in [1.29, 1.82) is 0 Å². The maximum atomic E-state index is 5.98. The van der Waals surface area contributed by atoms with Crippen molar-refractivity contribution in [2.45, 2.75) is 31.8 Å². The Bertz CT molecular complexity index is 357. The number of rotatable bonds is 3. The third-order valence-electron chi connectivity index (χ3n) is 2.76. The average molecular weight is 220 g/mol. The first-order chi connectivity index (χ1) is 7.56. The van der Waals surface area contributed by atoms with Gasteiger partial charge in [0, 0.05) is 30.1 Å². The van der Waals surface area contributed by atoms with Gasteiger partial charge in [-0.1, -0.05) is 18.2 Å². The van der Waals surface area contributed by atoms with Gasteiger partial charge in [0.25, 0.3) is 0 Å². The second-order valence-electron chi connectivity index (χ2n) is 5.10. The smallest absolute Gasteiger partial charge is 0.124 e. The molecule has 0 saturated heterocycles. The molecule has 3 heteroatoms. The van der Waals surface area contributed by atoms with Crippen LogP contribution in [-0.2, 0) is 0 Å². The van der Waals surface area contributed by atoms with Crippen molar-refractivity contribution >= 4 is 0 Å². The molecule has 1 heterocycles. The quantitative estimate of drug-likeness (QED) is 0.817. The van der Waals surface area contributed by atoms with Gasteiger partial charge in [-0.3, -0.25) is 0 Å². The molecule has 0 radical (unpaired) electrons. The van der Waals surface area contributed by atoms with Crippen LogP contribution in [-0.4, -0.2) is 18.7 Å². The zero-order chi connectivity index (χ0) is 11.6. The fourth-order valence-electron chi connectivity index (χ4n) is 1.94. The van der Waals surface area contributed by atoms with Crippen molar-refractivity contribution < 1.29 is 4.74 Å². The molecule has 3 nitrogen and oxygen atoms in total. The molecule has 88 valence electrons. The fraction of sp³-hybridized carbons (Fsp3) is 0.538. The first kappa shape index (κ1) is 11.4. The molecule has 0 aliphatic carbocycles. The molecule has 1 aromatic rings. The Morgan fingerprint density at radius 2 is 2.19 bits per heavy atom. The molecular weight excluding hydrogens is 200 g/mol. The number of ether oxygens (including phenoxy) is 1. The summed E-state index contributed by atoms with van der Waals surface area (Å²) in [4.78, 5) is 0. The molecule has 0 bridgehead atoms. The highest BCUT2D eigenvalue weighted by Crippen LogP contribution is 2.31. The largest absolute Gasteiger partial charge is 0.493 e. The Hall–Kier alpha value is -1.06. The molecule has 1 atom stereocenters. The topological polar surface area (TPSA) is 47.3 Å². The lowest BCUT2D eigenvalue weighted by molar-refractivity contribution is 0.247. The summed E-state index contributed by atoms with van der Waals surface area (Å²) < 4.78 is 5.61. The van der Waals surface area contributed by atoms with Gasteiger partial charge in [-0.15, -0.1) is 0 Å². The standard InChI is InChI=1S/C13H20N2O/c1-13(2,14)9-15-11-7-8-16-12-6-4-3-5-10(11)12/h3-6,11,15H,7-9,14H2,1-2H3. The first-order valence-corrected chi connectivity index (χ1v) is 5.80. The van der Waals surface area contributed by atoms with Crippen LogP contribution < -0.4 is 15.8 Å². The Morgan fingerprint density at radius 3 is 2.94 bits per heavy atom. The summed E-state index contributed by atoms with van der Waals surface area (Å²) in [5, 5.41) is 3.51. The van der Waals surface area contributed by atoms with Crippen molar-refractivity contribution in [2.75, 3.05) is 13.2 Å². The van der Waals surface area contributed by atoms with Gasteiger partial charge in [0.05, 0.1) is 6.61 Å². The van der Waals surface area contributed by atoms with Crippen LogP contribution in [0.2, 0.25) is 0 Å². The summed E-state index contributed by atoms with van der Waals surface area (Å²) in [5.74, 6) is 1.00. The molecule has 3 N–H and O–H groups in total. The number of nitrogens with two attached hydrogens (primary N) is 1. The van der Waals surface area contributed by atoms with E-state index in [2.05, 4.69) is 17.4 Å². The molecule has 0 saturated carbocycles. The van der Waals surface area contributed by atoms with Gasteiger partial charge in [-0.05, 0) is 19.9 Å². The van der Waals surface area contributed by atoms with Crippen molar-refractivity contribution in [3.05, 3.63) is 29.8 Å². The minimum Gasteiger partial charge on any atom is -0.493 e. The summed E-state index contributed by atoms with van der Waals surface area (Å²) in [6.07, 6.45) is 1.01. The molecule has 0 aromatic heterocycles. The lowest BCUT2D eigenvalue weighted by atomic mass is 9.99. The summed E-state index contributed by atoms with van der Waals surface area (Å²) in [6, 6.07) is 8.57. The maximum absolute atomic E-state index is 5.98. The lowest BCUT2D eigenvalue weighted by Gasteiger charge is -2.29. The van der Waals surface area contributed by atoms with E-state index >= 15 is 0 Å². The number of benzene rings is 1. The molecule has 0 fully saturated rings. The van der Waals surface area contributed by atoms with Crippen LogP contribution in [0.1, 0.15) is 31.9 Å². The van der Waals surface area contributed by atoms with Gasteiger partial charge in [0.1, 0.15) is 5.75 Å². The fourth-order valence-corrected chi connectivity index (χ4v) is 1.94. The predicted molar refractivity (Wildman–Crippen MR) is 65.6 cm³/mol. The van der Waals surface area contributed by atoms with E-state index in [-0.39, 0.29) is 5.54 Å². The van der Waals surface area contributed by atoms with E-state index in [4.69, 9.17) is 10.5 Å². The van der Waals surface area contributed by atoms with E-state index < -0.39 is 0 Å². The van der Waals surface area contributed by atoms with Crippen LogP contribution in [0.3, 0.4) is 0 Å². The monoisotopic (exact) mass is 220 g/mol. The summed E-state index contributed by atoms with van der Waals surface area (Å²) in [5.41, 5.74) is 7.05. The Balaban J connectivity index is 2.07. The van der Waals surface area contributed by atoms with Crippen LogP contribution in [0.15, 0.2) is 24.3 Å². The number of hydrogen-bond acceptors (Lipinski definition) is 3. The second-order valence-corrected chi connectivity index (χ2v) is 5.10. The van der Waals surface area contributed by atoms with Gasteiger partial charge in [-0.2, -0.15) is 0 Å². The van der Waals surface area contributed by atoms with Crippen LogP contribution in [0.5, 0.6) is 5.75 Å². The maximum Gasteiger partial charge on any atom is 0.124 e. The minimum absolute atomic E-state index is 0.173. The number of hydrogen-bond donors (Lipinski definition) is 2. The first-order valence-electron chi connectivity index (χ1n) is 5.80. The molecule has 0 amide bonds. The molecule has 1 aromatic carbocycles. The highest BCUT2D eigenvalue weighted by atomic mass is 16.5. The molecule has 1 aliphatic heterocycles. The second kappa shape index (κ2) is 4.44. The van der Waals surface area contributed by atoms with Gasteiger partial charge < -0.3 is 15.8 Å². The Morgan fingerprint density at radius 1 is 1.44 bits per heavy atom. The predicted octanol–water partition coefficient (Wildman–Crippen LogP) is 1.84. The van der Waals surface area contributed by atoms with Gasteiger partial charge >= 0.3 is 0 Å². The average Bonchev–Trinajstić information content (AvgIpc) is 2.25. The summed E-state index contributed by atoms with van der Waals surface area (Å²) >= 11 is 0. The molecule has 1 aliphatic rings. The number of fused-ring (bicyclic) bond motifs is 1. The van der Waals surface area contributed by atoms with Crippen molar-refractivity contribution in [3.63, 3.8) is 0 Å². The SMILES string of the molecule is CC(C)(N)CNC1CCOc2ccccc21. The van der Waals surface area contributed by atoms with E-state index in [9.17, 15) is 0 Å². The molecule has 1 unspecified atom stereocenters. The highest BCUT2D eigenvalue weighted by molar-refractivity contribution is 5.37. The summed E-state index contributed by atoms with van der Waals surface area (Å²) in [7, 11) is 0. The molecular formula is C13H20N2O. The van der Waals surface area contributed by atoms with E-state index in [1.165, 1.54) is 5.56 Å². The highest BCUT2D eigenvalue weighted by Gasteiger charge is 2.22. The summed E-state index contributed by atoms with van der Waals surface area (Å²) in [6.45, 7) is 5.65. The minimum atomic E-state index is -0.173. The van der Waals surface area contributed by atoms with Crippen LogP contribution in [0.25, 0.3) is 0 Å². The van der Waals surface area contributed by atoms with Crippen molar-refractivity contribution in [3.8, 4) is 5.75 Å². The third-order valence-corrected chi connectivity index (χ3v) is 2.76. The van der Waals surface area contributed by atoms with E-state index in [0.717, 1.165) is 25.3 Å². The van der Waals surface area contributed by atoms with E-state index in [1.807, 2.05) is 26.0 Å². The van der Waals surface area contributed by atoms with Crippen molar-refractivity contribution in [2.24, 2.45) is 5.73 Å². The zero-order valence-corrected chi connectivity index (χ0v) is 9.99. The number of para-hydroxylation sites is 1. The van der Waals surface area contributed by atoms with Gasteiger partial charge in [0.2, 0.25) is 0 Å². The molecule has 0 spiro atoms. The van der Waals surface area contributed by atoms with E-state index in [0.29, 0.717) is 6.04 Å². The normalized spacial score (nSPS) is 20.1.